The van der Waals surface area contributed by atoms with Gasteiger partial charge in [0, 0.05) is 13.2 Å². The Hall–Kier alpha value is -0.0800. The molecule has 2 nitrogen and oxygen atoms in total. The maximum absolute atomic E-state index is 6.17. The van der Waals surface area contributed by atoms with Gasteiger partial charge in [-0.15, -0.1) is 0 Å². The quantitative estimate of drug-likeness (QED) is 0.788. The number of likely N-dealkylation sites (N-methyl/N-ethyl adjacent to an activating group) is 1. The van der Waals surface area contributed by atoms with E-state index in [-0.39, 0.29) is 5.60 Å². The van der Waals surface area contributed by atoms with E-state index in [0.717, 1.165) is 11.8 Å². The van der Waals surface area contributed by atoms with Crippen LogP contribution >= 0.6 is 0 Å². The van der Waals surface area contributed by atoms with E-state index in [2.05, 4.69) is 33.1 Å². The van der Waals surface area contributed by atoms with E-state index in [1.54, 1.807) is 0 Å². The normalized spacial score (nSPS) is 33.6. The maximum Gasteiger partial charge on any atom is 0.0833 e. The van der Waals surface area contributed by atoms with Gasteiger partial charge in [0.25, 0.3) is 0 Å². The molecule has 0 aromatic rings. The van der Waals surface area contributed by atoms with Crippen molar-refractivity contribution in [3.05, 3.63) is 0 Å². The fraction of sp³-hybridized carbons (Fsp3) is 1.00. The van der Waals surface area contributed by atoms with Crippen molar-refractivity contribution in [2.45, 2.75) is 90.2 Å². The maximum atomic E-state index is 6.17. The Labute approximate surface area is 132 Å². The second kappa shape index (κ2) is 7.00. The summed E-state index contributed by atoms with van der Waals surface area (Å²) in [5.41, 5.74) is 0.578. The van der Waals surface area contributed by atoms with Crippen LogP contribution in [0.15, 0.2) is 0 Å². The molecule has 0 aromatic carbocycles. The molecule has 0 saturated heterocycles. The van der Waals surface area contributed by atoms with E-state index >= 15 is 0 Å². The van der Waals surface area contributed by atoms with Gasteiger partial charge in [0.1, 0.15) is 0 Å². The number of methoxy groups -OCH3 is 1. The highest BCUT2D eigenvalue weighted by molar-refractivity contribution is 5.01. The molecule has 1 unspecified atom stereocenters. The van der Waals surface area contributed by atoms with Crippen LogP contribution in [0.1, 0.15) is 78.6 Å². The molecule has 0 amide bonds. The van der Waals surface area contributed by atoms with Gasteiger partial charge in [0.15, 0.2) is 0 Å². The Morgan fingerprint density at radius 2 is 1.62 bits per heavy atom. The van der Waals surface area contributed by atoms with Crippen LogP contribution in [0.2, 0.25) is 0 Å². The summed E-state index contributed by atoms with van der Waals surface area (Å²) in [7, 11) is 4.09. The minimum atomic E-state index is 0.0774. The van der Waals surface area contributed by atoms with Gasteiger partial charge < -0.3 is 10.1 Å². The largest absolute Gasteiger partial charge is 0.377 e. The van der Waals surface area contributed by atoms with Crippen molar-refractivity contribution in [2.75, 3.05) is 14.2 Å². The molecule has 124 valence electrons. The summed E-state index contributed by atoms with van der Waals surface area (Å²) in [6.07, 6.45) is 12.0. The van der Waals surface area contributed by atoms with Gasteiger partial charge in [-0.25, -0.2) is 0 Å². The summed E-state index contributed by atoms with van der Waals surface area (Å²) in [6.45, 7) is 7.17. The standard InChI is InChI=1S/C19H37NO/c1-6-15-7-9-16(10-8-15)17(20-4)19(21-5)13-11-18(2,3)12-14-19/h15-17,20H,6-14H2,1-5H3. The van der Waals surface area contributed by atoms with Crippen LogP contribution in [0.25, 0.3) is 0 Å². The molecule has 2 aliphatic carbocycles. The molecule has 0 radical (unpaired) electrons. The molecular weight excluding hydrogens is 258 g/mol. The molecule has 2 rings (SSSR count). The molecule has 2 saturated carbocycles. The van der Waals surface area contributed by atoms with Crippen molar-refractivity contribution < 1.29 is 4.74 Å². The van der Waals surface area contributed by atoms with E-state index < -0.39 is 0 Å². The van der Waals surface area contributed by atoms with Crippen molar-refractivity contribution in [2.24, 2.45) is 17.3 Å². The fourth-order valence-corrected chi connectivity index (χ4v) is 4.85. The highest BCUT2D eigenvalue weighted by Gasteiger charge is 2.46. The first kappa shape index (κ1) is 17.3. The van der Waals surface area contributed by atoms with Crippen LogP contribution in [0.4, 0.5) is 0 Å². The average Bonchev–Trinajstić information content (AvgIpc) is 2.50. The first-order valence-electron chi connectivity index (χ1n) is 9.19. The molecule has 1 atom stereocenters. The van der Waals surface area contributed by atoms with Gasteiger partial charge in [-0.2, -0.15) is 0 Å². The zero-order valence-corrected chi connectivity index (χ0v) is 15.0. The van der Waals surface area contributed by atoms with Crippen molar-refractivity contribution in [1.82, 2.24) is 5.32 Å². The Morgan fingerprint density at radius 3 is 2.05 bits per heavy atom. The van der Waals surface area contributed by atoms with Gasteiger partial charge in [0.2, 0.25) is 0 Å². The van der Waals surface area contributed by atoms with Gasteiger partial charge in [-0.1, -0.05) is 40.0 Å². The van der Waals surface area contributed by atoms with E-state index in [4.69, 9.17) is 4.74 Å². The molecule has 0 aromatic heterocycles. The summed E-state index contributed by atoms with van der Waals surface area (Å²) < 4.78 is 6.17. The summed E-state index contributed by atoms with van der Waals surface area (Å²) >= 11 is 0. The first-order valence-corrected chi connectivity index (χ1v) is 9.19. The highest BCUT2D eigenvalue weighted by Crippen LogP contribution is 2.46. The second-order valence-electron chi connectivity index (χ2n) is 8.39. The molecule has 2 fully saturated rings. The van der Waals surface area contributed by atoms with Crippen LogP contribution < -0.4 is 5.32 Å². The van der Waals surface area contributed by atoms with Crippen molar-refractivity contribution in [3.63, 3.8) is 0 Å². The van der Waals surface area contributed by atoms with Crippen molar-refractivity contribution >= 4 is 0 Å². The molecule has 2 heteroatoms. The monoisotopic (exact) mass is 295 g/mol. The van der Waals surface area contributed by atoms with Crippen molar-refractivity contribution in [3.8, 4) is 0 Å². The molecule has 0 bridgehead atoms. The Morgan fingerprint density at radius 1 is 1.05 bits per heavy atom. The van der Waals surface area contributed by atoms with Crippen LogP contribution in [-0.2, 0) is 4.74 Å². The number of hydrogen-bond donors (Lipinski definition) is 1. The lowest BCUT2D eigenvalue weighted by molar-refractivity contribution is -0.101. The van der Waals surface area contributed by atoms with E-state index in [1.807, 2.05) is 7.11 Å². The zero-order chi connectivity index (χ0) is 15.5. The lowest BCUT2D eigenvalue weighted by Gasteiger charge is -2.50. The topological polar surface area (TPSA) is 21.3 Å². The minimum Gasteiger partial charge on any atom is -0.377 e. The molecule has 21 heavy (non-hydrogen) atoms. The highest BCUT2D eigenvalue weighted by atomic mass is 16.5. The zero-order valence-electron chi connectivity index (χ0n) is 15.0. The Bertz CT molecular complexity index is 308. The van der Waals surface area contributed by atoms with Gasteiger partial charge >= 0.3 is 0 Å². The number of rotatable bonds is 5. The molecule has 1 N–H and O–H groups in total. The molecule has 0 spiro atoms. The van der Waals surface area contributed by atoms with Gasteiger partial charge in [-0.3, -0.25) is 0 Å². The van der Waals surface area contributed by atoms with Crippen LogP contribution in [0.5, 0.6) is 0 Å². The Balaban J connectivity index is 2.04. The molecule has 2 aliphatic rings. The first-order chi connectivity index (χ1) is 9.96. The second-order valence-corrected chi connectivity index (χ2v) is 8.39. The molecule has 0 aliphatic heterocycles. The molecular formula is C19H37NO. The summed E-state index contributed by atoms with van der Waals surface area (Å²) in [5, 5.41) is 3.67. The molecule has 0 heterocycles. The minimum absolute atomic E-state index is 0.0774. The third-order valence-electron chi connectivity index (χ3n) is 6.67. The van der Waals surface area contributed by atoms with Crippen molar-refractivity contribution in [1.29, 1.82) is 0 Å². The van der Waals surface area contributed by atoms with E-state index in [1.165, 1.54) is 57.8 Å². The van der Waals surface area contributed by atoms with Gasteiger partial charge in [-0.05, 0) is 62.8 Å². The number of hydrogen-bond acceptors (Lipinski definition) is 2. The van der Waals surface area contributed by atoms with Crippen LogP contribution in [0.3, 0.4) is 0 Å². The van der Waals surface area contributed by atoms with Crippen LogP contribution in [-0.4, -0.2) is 25.8 Å². The lowest BCUT2D eigenvalue weighted by Crippen LogP contribution is -2.57. The predicted molar refractivity (Wildman–Crippen MR) is 90.6 cm³/mol. The fourth-order valence-electron chi connectivity index (χ4n) is 4.85. The summed E-state index contributed by atoms with van der Waals surface area (Å²) in [5.74, 6) is 1.78. The average molecular weight is 296 g/mol. The summed E-state index contributed by atoms with van der Waals surface area (Å²) in [4.78, 5) is 0. The lowest BCUT2D eigenvalue weighted by atomic mass is 9.64. The SMILES string of the molecule is CCC1CCC(C(NC)C2(OC)CCC(C)(C)CC2)CC1. The number of nitrogens with one attached hydrogen (secondary N) is 1. The predicted octanol–water partition coefficient (Wildman–Crippen LogP) is 4.78. The van der Waals surface area contributed by atoms with Gasteiger partial charge in [0.05, 0.1) is 5.60 Å². The van der Waals surface area contributed by atoms with E-state index in [0.29, 0.717) is 11.5 Å². The number of ether oxygens (including phenoxy) is 1. The summed E-state index contributed by atoms with van der Waals surface area (Å²) in [6, 6.07) is 0.538. The Kier molecular flexibility index (Phi) is 5.76. The third-order valence-corrected chi connectivity index (χ3v) is 6.67. The van der Waals surface area contributed by atoms with Crippen LogP contribution in [0, 0.1) is 17.3 Å². The van der Waals surface area contributed by atoms with E-state index in [9.17, 15) is 0 Å². The third kappa shape index (κ3) is 3.82. The smallest absolute Gasteiger partial charge is 0.0833 e.